The number of carbonyl (C=O) groups is 1. The number of carbonyl (C=O) groups excluding carboxylic acids is 1. The van der Waals surface area contributed by atoms with Gasteiger partial charge in [0, 0.05) is 23.3 Å². The van der Waals surface area contributed by atoms with Crippen molar-refractivity contribution in [2.75, 3.05) is 18.4 Å². The van der Waals surface area contributed by atoms with Crippen LogP contribution >= 0.6 is 0 Å². The Kier molecular flexibility index (Phi) is 4.58. The minimum absolute atomic E-state index is 0.135. The van der Waals surface area contributed by atoms with Crippen molar-refractivity contribution < 1.29 is 9.21 Å². The molecule has 1 saturated heterocycles. The lowest BCUT2D eigenvalue weighted by molar-refractivity contribution is 0.102. The normalized spacial score (nSPS) is 15.2. The van der Waals surface area contributed by atoms with Gasteiger partial charge in [-0.1, -0.05) is 0 Å². The zero-order valence-electron chi connectivity index (χ0n) is 15.5. The van der Waals surface area contributed by atoms with E-state index in [-0.39, 0.29) is 23.1 Å². The van der Waals surface area contributed by atoms with Crippen molar-refractivity contribution in [2.24, 2.45) is 0 Å². The Morgan fingerprint density at radius 1 is 1.19 bits per heavy atom. The third-order valence-electron chi connectivity index (χ3n) is 5.15. The highest BCUT2D eigenvalue weighted by Gasteiger charge is 2.21. The van der Waals surface area contributed by atoms with Gasteiger partial charge in [-0.25, -0.2) is 0 Å². The fourth-order valence-electron chi connectivity index (χ4n) is 3.74. The highest BCUT2D eigenvalue weighted by Crippen LogP contribution is 2.23. The summed E-state index contributed by atoms with van der Waals surface area (Å²) < 4.78 is 7.28. The third-order valence-corrected chi connectivity index (χ3v) is 5.15. The minimum atomic E-state index is -0.375. The van der Waals surface area contributed by atoms with Crippen molar-refractivity contribution in [3.63, 3.8) is 0 Å². The number of hydrogen-bond donors (Lipinski definition) is 2. The first-order chi connectivity index (χ1) is 13.0. The van der Waals surface area contributed by atoms with E-state index in [0.29, 0.717) is 11.3 Å². The summed E-state index contributed by atoms with van der Waals surface area (Å²) in [6.07, 6.45) is 3.59. The predicted octanol–water partition coefficient (Wildman–Crippen LogP) is 3.39. The molecule has 1 aliphatic heterocycles. The monoisotopic (exact) mass is 365 g/mol. The molecule has 3 aromatic rings. The van der Waals surface area contributed by atoms with E-state index >= 15 is 0 Å². The average Bonchev–Trinajstić information content (AvgIpc) is 3.02. The maximum atomic E-state index is 13.0. The molecule has 3 heterocycles. The summed E-state index contributed by atoms with van der Waals surface area (Å²) in [5.74, 6) is 0.442. The van der Waals surface area contributed by atoms with Crippen LogP contribution in [0.5, 0.6) is 0 Å². The van der Waals surface area contributed by atoms with Crippen molar-refractivity contribution >= 4 is 22.6 Å². The van der Waals surface area contributed by atoms with Crippen LogP contribution in [0.15, 0.2) is 45.7 Å². The summed E-state index contributed by atoms with van der Waals surface area (Å²) in [6, 6.07) is 9.36. The lowest BCUT2D eigenvalue weighted by Crippen LogP contribution is -2.37. The molecule has 0 bridgehead atoms. The van der Waals surface area contributed by atoms with E-state index in [0.717, 1.165) is 42.7 Å². The number of aryl methyl sites for hydroxylation is 2. The SMILES string of the molecule is Cc1cc2cc(NC(=O)c3c(C)ccn(C4CCNCC4)c3=O)ccc2o1. The molecule has 0 spiro atoms. The van der Waals surface area contributed by atoms with Gasteiger partial charge in [-0.05, 0) is 75.7 Å². The number of rotatable bonds is 3. The molecule has 4 rings (SSSR count). The van der Waals surface area contributed by atoms with Gasteiger partial charge >= 0.3 is 0 Å². The van der Waals surface area contributed by atoms with Crippen LogP contribution < -0.4 is 16.2 Å². The van der Waals surface area contributed by atoms with Crippen molar-refractivity contribution in [1.82, 2.24) is 9.88 Å². The standard InChI is InChI=1S/C21H23N3O3/c1-13-7-10-24(17-5-8-22-9-6-17)21(26)19(13)20(25)23-16-3-4-18-15(12-16)11-14(2)27-18/h3-4,7,10-12,17,22H,5-6,8-9H2,1-2H3,(H,23,25). The molecule has 1 fully saturated rings. The Labute approximate surface area is 157 Å². The molecule has 1 aromatic carbocycles. The second-order valence-corrected chi connectivity index (χ2v) is 7.13. The van der Waals surface area contributed by atoms with Gasteiger partial charge in [0.2, 0.25) is 0 Å². The number of amides is 1. The van der Waals surface area contributed by atoms with Gasteiger partial charge in [-0.15, -0.1) is 0 Å². The van der Waals surface area contributed by atoms with Gasteiger partial charge in [0.1, 0.15) is 16.9 Å². The van der Waals surface area contributed by atoms with E-state index in [4.69, 9.17) is 4.42 Å². The largest absolute Gasteiger partial charge is 0.461 e. The maximum absolute atomic E-state index is 13.0. The number of hydrogen-bond acceptors (Lipinski definition) is 4. The molecule has 1 amide bonds. The summed E-state index contributed by atoms with van der Waals surface area (Å²) >= 11 is 0. The Morgan fingerprint density at radius 2 is 1.96 bits per heavy atom. The van der Waals surface area contributed by atoms with E-state index in [9.17, 15) is 9.59 Å². The number of anilines is 1. The molecule has 140 valence electrons. The number of nitrogens with zero attached hydrogens (tertiary/aromatic N) is 1. The first-order valence-corrected chi connectivity index (χ1v) is 9.27. The van der Waals surface area contributed by atoms with Crippen molar-refractivity contribution in [2.45, 2.75) is 32.7 Å². The molecule has 1 aliphatic rings. The van der Waals surface area contributed by atoms with Crippen LogP contribution in [0.1, 0.15) is 40.6 Å². The average molecular weight is 365 g/mol. The predicted molar refractivity (Wildman–Crippen MR) is 105 cm³/mol. The highest BCUT2D eigenvalue weighted by atomic mass is 16.3. The molecular weight excluding hydrogens is 342 g/mol. The molecule has 0 radical (unpaired) electrons. The molecule has 6 heteroatoms. The third kappa shape index (κ3) is 3.40. The van der Waals surface area contributed by atoms with E-state index < -0.39 is 0 Å². The second kappa shape index (κ2) is 7.04. The molecule has 2 aromatic heterocycles. The Balaban J connectivity index is 1.64. The molecule has 0 aliphatic carbocycles. The van der Waals surface area contributed by atoms with Gasteiger partial charge < -0.3 is 19.6 Å². The van der Waals surface area contributed by atoms with Crippen molar-refractivity contribution in [1.29, 1.82) is 0 Å². The van der Waals surface area contributed by atoms with Crippen molar-refractivity contribution in [3.05, 3.63) is 63.8 Å². The Hall–Kier alpha value is -2.86. The minimum Gasteiger partial charge on any atom is -0.461 e. The van der Waals surface area contributed by atoms with Crippen LogP contribution in [0, 0.1) is 13.8 Å². The Morgan fingerprint density at radius 3 is 2.74 bits per heavy atom. The van der Waals surface area contributed by atoms with Gasteiger partial charge in [-0.3, -0.25) is 9.59 Å². The van der Waals surface area contributed by atoms with E-state index in [1.807, 2.05) is 37.4 Å². The lowest BCUT2D eigenvalue weighted by Gasteiger charge is -2.25. The molecular formula is C21H23N3O3. The number of piperidine rings is 1. The molecule has 2 N–H and O–H groups in total. The van der Waals surface area contributed by atoms with E-state index in [1.54, 1.807) is 17.6 Å². The Bertz CT molecular complexity index is 1060. The highest BCUT2D eigenvalue weighted by molar-refractivity contribution is 6.05. The van der Waals surface area contributed by atoms with Gasteiger partial charge in [0.25, 0.3) is 11.5 Å². The van der Waals surface area contributed by atoms with E-state index in [2.05, 4.69) is 10.6 Å². The molecule has 0 atom stereocenters. The first-order valence-electron chi connectivity index (χ1n) is 9.27. The maximum Gasteiger partial charge on any atom is 0.263 e. The van der Waals surface area contributed by atoms with Crippen LogP contribution in [0.2, 0.25) is 0 Å². The number of benzene rings is 1. The molecule has 6 nitrogen and oxygen atoms in total. The fourth-order valence-corrected chi connectivity index (χ4v) is 3.74. The van der Waals surface area contributed by atoms with Gasteiger partial charge in [0.05, 0.1) is 0 Å². The van der Waals surface area contributed by atoms with E-state index in [1.165, 1.54) is 0 Å². The second-order valence-electron chi connectivity index (χ2n) is 7.13. The summed E-state index contributed by atoms with van der Waals surface area (Å²) in [4.78, 5) is 25.9. The first kappa shape index (κ1) is 17.5. The fraction of sp³-hybridized carbons (Fsp3) is 0.333. The van der Waals surface area contributed by atoms with Crippen molar-refractivity contribution in [3.8, 4) is 0 Å². The summed E-state index contributed by atoms with van der Waals surface area (Å²) in [6.45, 7) is 5.45. The summed E-state index contributed by atoms with van der Waals surface area (Å²) in [7, 11) is 0. The summed E-state index contributed by atoms with van der Waals surface area (Å²) in [5, 5.41) is 7.08. The number of fused-ring (bicyclic) bond motifs is 1. The number of aromatic nitrogens is 1. The molecule has 0 saturated carbocycles. The topological polar surface area (TPSA) is 76.3 Å². The number of nitrogens with one attached hydrogen (secondary N) is 2. The zero-order chi connectivity index (χ0) is 19.0. The van der Waals surface area contributed by atoms with Crippen LogP contribution in [-0.2, 0) is 0 Å². The van der Waals surface area contributed by atoms with Crippen LogP contribution in [0.3, 0.4) is 0 Å². The number of pyridine rings is 1. The molecule has 0 unspecified atom stereocenters. The van der Waals surface area contributed by atoms with Crippen LogP contribution in [-0.4, -0.2) is 23.6 Å². The lowest BCUT2D eigenvalue weighted by atomic mass is 10.0. The smallest absolute Gasteiger partial charge is 0.263 e. The quantitative estimate of drug-likeness (QED) is 0.746. The summed E-state index contributed by atoms with van der Waals surface area (Å²) in [5.41, 5.74) is 2.08. The van der Waals surface area contributed by atoms with Crippen LogP contribution in [0.25, 0.3) is 11.0 Å². The molecule has 27 heavy (non-hydrogen) atoms. The van der Waals surface area contributed by atoms with Gasteiger partial charge in [-0.2, -0.15) is 0 Å². The van der Waals surface area contributed by atoms with Crippen LogP contribution in [0.4, 0.5) is 5.69 Å². The van der Waals surface area contributed by atoms with Gasteiger partial charge in [0.15, 0.2) is 0 Å². The zero-order valence-corrected chi connectivity index (χ0v) is 15.5. The number of furan rings is 1.